The van der Waals surface area contributed by atoms with Crippen molar-refractivity contribution >= 4 is 26.8 Å². The molecular weight excluding hydrogens is 418 g/mol. The van der Waals surface area contributed by atoms with E-state index in [1.165, 1.54) is 4.68 Å². The second-order valence-corrected chi connectivity index (χ2v) is 9.22. The summed E-state index contributed by atoms with van der Waals surface area (Å²) in [5.41, 5.74) is 1.54. The summed E-state index contributed by atoms with van der Waals surface area (Å²) in [5, 5.41) is 11.1. The molecule has 1 aromatic heterocycles. The number of fused-ring (bicyclic) bond motifs is 1. The third-order valence-corrected chi connectivity index (χ3v) is 6.06. The summed E-state index contributed by atoms with van der Waals surface area (Å²) in [7, 11) is -3.48. The predicted molar refractivity (Wildman–Crippen MR) is 118 cm³/mol. The SMILES string of the molecule is CC(C)NS(=O)(=O)Cc1ccccc1CNC(=O)CCn1nnc2ccccc2c1=O. The van der Waals surface area contributed by atoms with E-state index in [0.717, 1.165) is 0 Å². The van der Waals surface area contributed by atoms with Crippen LogP contribution in [0.2, 0.25) is 0 Å². The molecule has 0 aliphatic heterocycles. The number of carbonyl (C=O) groups excluding carboxylic acids is 1. The molecule has 164 valence electrons. The highest BCUT2D eigenvalue weighted by Gasteiger charge is 2.16. The summed E-state index contributed by atoms with van der Waals surface area (Å²) in [5.74, 6) is -0.445. The van der Waals surface area contributed by atoms with E-state index in [9.17, 15) is 18.0 Å². The average molecular weight is 444 g/mol. The Bertz CT molecular complexity index is 1240. The van der Waals surface area contributed by atoms with Crippen molar-refractivity contribution in [3.63, 3.8) is 0 Å². The fourth-order valence-electron chi connectivity index (χ4n) is 3.14. The fraction of sp³-hybridized carbons (Fsp3) is 0.333. The molecule has 0 unspecified atom stereocenters. The lowest BCUT2D eigenvalue weighted by Gasteiger charge is -2.13. The van der Waals surface area contributed by atoms with E-state index in [1.807, 2.05) is 0 Å². The largest absolute Gasteiger partial charge is 0.352 e. The van der Waals surface area contributed by atoms with Crippen LogP contribution in [0.3, 0.4) is 0 Å². The zero-order valence-electron chi connectivity index (χ0n) is 17.4. The van der Waals surface area contributed by atoms with Crippen LogP contribution in [0.1, 0.15) is 31.4 Å². The molecule has 0 fully saturated rings. The number of nitrogens with one attached hydrogen (secondary N) is 2. The van der Waals surface area contributed by atoms with Gasteiger partial charge in [-0.05, 0) is 37.1 Å². The Balaban J connectivity index is 1.61. The molecule has 2 N–H and O–H groups in total. The van der Waals surface area contributed by atoms with E-state index >= 15 is 0 Å². The van der Waals surface area contributed by atoms with Crippen molar-refractivity contribution < 1.29 is 13.2 Å². The Morgan fingerprint density at radius 2 is 1.74 bits per heavy atom. The van der Waals surface area contributed by atoms with Crippen molar-refractivity contribution in [2.24, 2.45) is 0 Å². The standard InChI is InChI=1S/C21H25N5O4S/c1-15(2)24-31(29,30)14-17-8-4-3-7-16(17)13-22-20(27)11-12-26-21(28)18-9-5-6-10-19(18)23-25-26/h3-10,15,24H,11-14H2,1-2H3,(H,22,27). The number of hydrogen-bond acceptors (Lipinski definition) is 6. The Labute approximate surface area is 180 Å². The van der Waals surface area contributed by atoms with Crippen LogP contribution in [0.25, 0.3) is 10.9 Å². The smallest absolute Gasteiger partial charge is 0.277 e. The number of sulfonamides is 1. The Hall–Kier alpha value is -3.11. The van der Waals surface area contributed by atoms with E-state index in [-0.39, 0.29) is 42.8 Å². The average Bonchev–Trinajstić information content (AvgIpc) is 2.71. The minimum Gasteiger partial charge on any atom is -0.352 e. The van der Waals surface area contributed by atoms with E-state index < -0.39 is 10.0 Å². The lowest BCUT2D eigenvalue weighted by Crippen LogP contribution is -2.32. The van der Waals surface area contributed by atoms with Crippen molar-refractivity contribution in [1.82, 2.24) is 25.0 Å². The van der Waals surface area contributed by atoms with Crippen LogP contribution in [0.15, 0.2) is 53.3 Å². The molecule has 0 bridgehead atoms. The highest BCUT2D eigenvalue weighted by molar-refractivity contribution is 7.88. The molecule has 0 aliphatic rings. The molecule has 0 atom stereocenters. The van der Waals surface area contributed by atoms with Gasteiger partial charge in [-0.15, -0.1) is 5.10 Å². The third kappa shape index (κ3) is 6.19. The maximum atomic E-state index is 12.4. The van der Waals surface area contributed by atoms with Gasteiger partial charge in [0.2, 0.25) is 15.9 Å². The first-order chi connectivity index (χ1) is 14.7. The topological polar surface area (TPSA) is 123 Å². The highest BCUT2D eigenvalue weighted by Crippen LogP contribution is 2.12. The number of hydrogen-bond donors (Lipinski definition) is 2. The number of amides is 1. The first kappa shape index (κ1) is 22.6. The van der Waals surface area contributed by atoms with Crippen LogP contribution in [0.4, 0.5) is 0 Å². The van der Waals surface area contributed by atoms with Crippen LogP contribution in [0.5, 0.6) is 0 Å². The van der Waals surface area contributed by atoms with Crippen LogP contribution < -0.4 is 15.6 Å². The summed E-state index contributed by atoms with van der Waals surface area (Å²) >= 11 is 0. The summed E-state index contributed by atoms with van der Waals surface area (Å²) in [6.07, 6.45) is 0.0439. The first-order valence-electron chi connectivity index (χ1n) is 9.91. The van der Waals surface area contributed by atoms with E-state index in [2.05, 4.69) is 20.4 Å². The van der Waals surface area contributed by atoms with Crippen molar-refractivity contribution in [2.75, 3.05) is 0 Å². The molecular formula is C21H25N5O4S. The maximum Gasteiger partial charge on any atom is 0.277 e. The molecule has 1 amide bonds. The monoisotopic (exact) mass is 443 g/mol. The maximum absolute atomic E-state index is 12.4. The van der Waals surface area contributed by atoms with Gasteiger partial charge in [0, 0.05) is 19.0 Å². The molecule has 3 aromatic rings. The molecule has 0 saturated heterocycles. The summed E-state index contributed by atoms with van der Waals surface area (Å²) in [4.78, 5) is 24.7. The van der Waals surface area contributed by atoms with Gasteiger partial charge < -0.3 is 5.32 Å². The molecule has 0 spiro atoms. The van der Waals surface area contributed by atoms with E-state index in [0.29, 0.717) is 22.0 Å². The van der Waals surface area contributed by atoms with Crippen LogP contribution in [0, 0.1) is 0 Å². The fourth-order valence-corrected chi connectivity index (χ4v) is 4.63. The third-order valence-electron chi connectivity index (χ3n) is 4.54. The minimum atomic E-state index is -3.48. The van der Waals surface area contributed by atoms with Crippen LogP contribution in [-0.2, 0) is 33.7 Å². The molecule has 3 rings (SSSR count). The second kappa shape index (κ2) is 9.80. The van der Waals surface area contributed by atoms with E-state index in [4.69, 9.17) is 0 Å². The van der Waals surface area contributed by atoms with Gasteiger partial charge in [-0.25, -0.2) is 17.8 Å². The number of aryl methyl sites for hydroxylation is 1. The lowest BCUT2D eigenvalue weighted by molar-refractivity contribution is -0.121. The summed E-state index contributed by atoms with van der Waals surface area (Å²) < 4.78 is 28.2. The first-order valence-corrected chi connectivity index (χ1v) is 11.6. The van der Waals surface area contributed by atoms with Crippen molar-refractivity contribution in [3.8, 4) is 0 Å². The molecule has 10 heteroatoms. The van der Waals surface area contributed by atoms with Gasteiger partial charge in [-0.1, -0.05) is 41.6 Å². The van der Waals surface area contributed by atoms with Gasteiger partial charge in [-0.2, -0.15) is 0 Å². The summed E-state index contributed by atoms with van der Waals surface area (Å²) in [6, 6.07) is 13.8. The Kier molecular flexibility index (Phi) is 7.13. The molecule has 1 heterocycles. The molecule has 2 aromatic carbocycles. The van der Waals surface area contributed by atoms with Gasteiger partial charge in [0.25, 0.3) is 5.56 Å². The van der Waals surface area contributed by atoms with Gasteiger partial charge in [0.1, 0.15) is 5.52 Å². The van der Waals surface area contributed by atoms with Crippen molar-refractivity contribution in [2.45, 2.75) is 45.2 Å². The van der Waals surface area contributed by atoms with Gasteiger partial charge in [-0.3, -0.25) is 9.59 Å². The van der Waals surface area contributed by atoms with Gasteiger partial charge in [0.05, 0.1) is 17.7 Å². The molecule has 31 heavy (non-hydrogen) atoms. The van der Waals surface area contributed by atoms with Crippen molar-refractivity contribution in [1.29, 1.82) is 0 Å². The molecule has 9 nitrogen and oxygen atoms in total. The zero-order chi connectivity index (χ0) is 22.4. The van der Waals surface area contributed by atoms with Crippen molar-refractivity contribution in [3.05, 3.63) is 70.0 Å². The van der Waals surface area contributed by atoms with Gasteiger partial charge in [0.15, 0.2) is 0 Å². The number of nitrogens with zero attached hydrogens (tertiary/aromatic N) is 3. The normalized spacial score (nSPS) is 11.7. The number of carbonyl (C=O) groups is 1. The predicted octanol–water partition coefficient (Wildman–Crippen LogP) is 1.33. The quantitative estimate of drug-likeness (QED) is 0.514. The van der Waals surface area contributed by atoms with Crippen LogP contribution in [-0.4, -0.2) is 35.4 Å². The summed E-state index contributed by atoms with van der Waals surface area (Å²) in [6.45, 7) is 3.80. The van der Waals surface area contributed by atoms with E-state index in [1.54, 1.807) is 62.4 Å². The second-order valence-electron chi connectivity index (χ2n) is 7.46. The van der Waals surface area contributed by atoms with Crippen LogP contribution >= 0.6 is 0 Å². The molecule has 0 saturated carbocycles. The molecule has 0 aliphatic carbocycles. The number of aromatic nitrogens is 3. The van der Waals surface area contributed by atoms with Gasteiger partial charge >= 0.3 is 0 Å². The Morgan fingerprint density at radius 3 is 2.48 bits per heavy atom. The lowest BCUT2D eigenvalue weighted by atomic mass is 10.1. The molecule has 0 radical (unpaired) electrons. The Morgan fingerprint density at radius 1 is 1.06 bits per heavy atom. The minimum absolute atomic E-state index is 0.0439. The number of rotatable bonds is 9. The highest BCUT2D eigenvalue weighted by atomic mass is 32.2. The zero-order valence-corrected chi connectivity index (χ0v) is 18.2. The number of benzene rings is 2.